The molecule has 1 saturated heterocycles. The Bertz CT molecular complexity index is 636. The van der Waals surface area contributed by atoms with Crippen LogP contribution in [0.4, 0.5) is 0 Å². The van der Waals surface area contributed by atoms with Gasteiger partial charge in [-0.2, -0.15) is 5.10 Å². The number of carbonyl (C=O) groups excluding carboxylic acids is 1. The maximum absolute atomic E-state index is 12.5. The molecule has 1 fully saturated rings. The highest BCUT2D eigenvalue weighted by atomic mass is 32.1. The van der Waals surface area contributed by atoms with Gasteiger partial charge in [0.1, 0.15) is 11.0 Å². The summed E-state index contributed by atoms with van der Waals surface area (Å²) in [5.41, 5.74) is 3.54. The molecule has 1 aliphatic heterocycles. The van der Waals surface area contributed by atoms with E-state index in [1.165, 1.54) is 11.3 Å². The molecule has 0 N–H and O–H groups in total. The summed E-state index contributed by atoms with van der Waals surface area (Å²) in [6, 6.07) is 0. The van der Waals surface area contributed by atoms with Crippen LogP contribution in [-0.4, -0.2) is 45.3 Å². The fourth-order valence-corrected chi connectivity index (χ4v) is 3.17. The Kier molecular flexibility index (Phi) is 4.03. The van der Waals surface area contributed by atoms with Crippen molar-refractivity contribution in [1.29, 1.82) is 0 Å². The minimum atomic E-state index is -0.101. The van der Waals surface area contributed by atoms with Crippen LogP contribution in [0.3, 0.4) is 0 Å². The lowest BCUT2D eigenvalue weighted by molar-refractivity contribution is -0.0227. The highest BCUT2D eigenvalue weighted by Crippen LogP contribution is 2.24. The minimum absolute atomic E-state index is 0.0474. The van der Waals surface area contributed by atoms with Crippen LogP contribution in [0.25, 0.3) is 0 Å². The van der Waals surface area contributed by atoms with Crippen LogP contribution >= 0.6 is 11.3 Å². The summed E-state index contributed by atoms with van der Waals surface area (Å²) in [6.45, 7) is 6.47. The molecule has 0 saturated carbocycles. The van der Waals surface area contributed by atoms with E-state index >= 15 is 0 Å². The van der Waals surface area contributed by atoms with Crippen molar-refractivity contribution in [1.82, 2.24) is 19.7 Å². The molecule has 0 unspecified atom stereocenters. The highest BCUT2D eigenvalue weighted by molar-refractivity contribution is 7.11. The van der Waals surface area contributed by atoms with Gasteiger partial charge in [0.2, 0.25) is 0 Å². The van der Waals surface area contributed by atoms with E-state index in [0.29, 0.717) is 19.7 Å². The quantitative estimate of drug-likeness (QED) is 0.869. The molecular weight excluding hydrogens is 288 g/mol. The zero-order valence-corrected chi connectivity index (χ0v) is 13.0. The third-order valence-electron chi connectivity index (χ3n) is 3.64. The predicted octanol–water partition coefficient (Wildman–Crippen LogP) is 1.88. The molecule has 21 heavy (non-hydrogen) atoms. The lowest BCUT2D eigenvalue weighted by Gasteiger charge is -2.32. The van der Waals surface area contributed by atoms with Crippen LogP contribution in [0.5, 0.6) is 0 Å². The standard InChI is InChI=1S/C14H18N4O2S/c1-3-18-7-11(6-16-18)12-8-17(4-5-20-12)14(19)13-10(2)15-9-21-13/h6-7,9,12H,3-5,8H2,1-2H3/t12-/m1/s1. The van der Waals surface area contributed by atoms with Crippen molar-refractivity contribution in [2.24, 2.45) is 0 Å². The number of thiazole rings is 1. The Morgan fingerprint density at radius 1 is 1.57 bits per heavy atom. The van der Waals surface area contributed by atoms with Crippen molar-refractivity contribution in [3.63, 3.8) is 0 Å². The Balaban J connectivity index is 1.74. The van der Waals surface area contributed by atoms with E-state index in [1.54, 1.807) is 5.51 Å². The number of aromatic nitrogens is 3. The molecule has 0 spiro atoms. The van der Waals surface area contributed by atoms with Crippen molar-refractivity contribution in [2.45, 2.75) is 26.5 Å². The summed E-state index contributed by atoms with van der Waals surface area (Å²) >= 11 is 1.40. The van der Waals surface area contributed by atoms with E-state index < -0.39 is 0 Å². The van der Waals surface area contributed by atoms with Crippen LogP contribution in [0.1, 0.15) is 34.0 Å². The molecule has 6 nitrogen and oxygen atoms in total. The highest BCUT2D eigenvalue weighted by Gasteiger charge is 2.28. The normalized spacial score (nSPS) is 19.0. The van der Waals surface area contributed by atoms with E-state index in [1.807, 2.05) is 35.8 Å². The number of carbonyl (C=O) groups is 1. The largest absolute Gasteiger partial charge is 0.370 e. The van der Waals surface area contributed by atoms with Crippen LogP contribution in [0.15, 0.2) is 17.9 Å². The van der Waals surface area contributed by atoms with Gasteiger partial charge in [0.05, 0.1) is 30.6 Å². The van der Waals surface area contributed by atoms with Gasteiger partial charge in [0.15, 0.2) is 0 Å². The first-order chi connectivity index (χ1) is 10.2. The van der Waals surface area contributed by atoms with E-state index in [0.717, 1.165) is 22.7 Å². The summed E-state index contributed by atoms with van der Waals surface area (Å²) in [4.78, 5) is 19.3. The van der Waals surface area contributed by atoms with Crippen LogP contribution < -0.4 is 0 Å². The molecule has 7 heteroatoms. The molecule has 3 rings (SSSR count). The van der Waals surface area contributed by atoms with E-state index in [2.05, 4.69) is 10.1 Å². The number of rotatable bonds is 3. The molecule has 2 aromatic rings. The average molecular weight is 306 g/mol. The number of amides is 1. The Labute approximate surface area is 127 Å². The van der Waals surface area contributed by atoms with Gasteiger partial charge < -0.3 is 9.64 Å². The number of aryl methyl sites for hydroxylation is 2. The van der Waals surface area contributed by atoms with E-state index in [9.17, 15) is 4.79 Å². The van der Waals surface area contributed by atoms with Gasteiger partial charge in [0.25, 0.3) is 5.91 Å². The van der Waals surface area contributed by atoms with Gasteiger partial charge in [0, 0.05) is 24.8 Å². The molecule has 0 aliphatic carbocycles. The molecule has 2 aromatic heterocycles. The number of nitrogens with zero attached hydrogens (tertiary/aromatic N) is 4. The van der Waals surface area contributed by atoms with Crippen LogP contribution in [0.2, 0.25) is 0 Å². The predicted molar refractivity (Wildman–Crippen MR) is 79.3 cm³/mol. The van der Waals surface area contributed by atoms with Crippen molar-refractivity contribution >= 4 is 17.2 Å². The summed E-state index contributed by atoms with van der Waals surface area (Å²) in [6.07, 6.45) is 3.70. The monoisotopic (exact) mass is 306 g/mol. The SMILES string of the molecule is CCn1cc([C@H]2CN(C(=O)c3scnc3C)CCO2)cn1. The first-order valence-corrected chi connectivity index (χ1v) is 7.90. The summed E-state index contributed by atoms with van der Waals surface area (Å²) in [7, 11) is 0. The Hall–Kier alpha value is -1.73. The summed E-state index contributed by atoms with van der Waals surface area (Å²) in [5.74, 6) is 0.0474. The molecule has 1 atom stereocenters. The molecule has 0 bridgehead atoms. The van der Waals surface area contributed by atoms with Crippen LogP contribution in [-0.2, 0) is 11.3 Å². The maximum Gasteiger partial charge on any atom is 0.266 e. The average Bonchev–Trinajstić information content (AvgIpc) is 3.15. The summed E-state index contributed by atoms with van der Waals surface area (Å²) < 4.78 is 7.66. The molecule has 112 valence electrons. The van der Waals surface area contributed by atoms with Crippen molar-refractivity contribution in [3.05, 3.63) is 34.0 Å². The zero-order valence-electron chi connectivity index (χ0n) is 12.2. The molecule has 0 aromatic carbocycles. The Morgan fingerprint density at radius 2 is 2.43 bits per heavy atom. The van der Waals surface area contributed by atoms with Gasteiger partial charge in [-0.3, -0.25) is 9.48 Å². The number of morpholine rings is 1. The number of hydrogen-bond acceptors (Lipinski definition) is 5. The first-order valence-electron chi connectivity index (χ1n) is 7.02. The van der Waals surface area contributed by atoms with E-state index in [-0.39, 0.29) is 12.0 Å². The molecule has 3 heterocycles. The van der Waals surface area contributed by atoms with Gasteiger partial charge in [-0.05, 0) is 13.8 Å². The van der Waals surface area contributed by atoms with Crippen molar-refractivity contribution in [2.75, 3.05) is 19.7 Å². The molecule has 1 aliphatic rings. The zero-order chi connectivity index (χ0) is 14.8. The first kappa shape index (κ1) is 14.2. The third kappa shape index (κ3) is 2.84. The van der Waals surface area contributed by atoms with E-state index in [4.69, 9.17) is 4.74 Å². The second kappa shape index (κ2) is 5.95. The Morgan fingerprint density at radius 3 is 3.10 bits per heavy atom. The lowest BCUT2D eigenvalue weighted by atomic mass is 10.1. The second-order valence-electron chi connectivity index (χ2n) is 5.01. The molecule has 1 amide bonds. The van der Waals surface area contributed by atoms with Gasteiger partial charge >= 0.3 is 0 Å². The van der Waals surface area contributed by atoms with Gasteiger partial charge in [-0.1, -0.05) is 0 Å². The topological polar surface area (TPSA) is 60.2 Å². The maximum atomic E-state index is 12.5. The summed E-state index contributed by atoms with van der Waals surface area (Å²) in [5, 5.41) is 4.27. The lowest BCUT2D eigenvalue weighted by Crippen LogP contribution is -2.42. The molecule has 0 radical (unpaired) electrons. The van der Waals surface area contributed by atoms with Gasteiger partial charge in [-0.15, -0.1) is 11.3 Å². The fourth-order valence-electron chi connectivity index (χ4n) is 2.40. The second-order valence-corrected chi connectivity index (χ2v) is 5.86. The minimum Gasteiger partial charge on any atom is -0.370 e. The fraction of sp³-hybridized carbons (Fsp3) is 0.500. The number of hydrogen-bond donors (Lipinski definition) is 0. The smallest absolute Gasteiger partial charge is 0.266 e. The van der Waals surface area contributed by atoms with Crippen LogP contribution in [0, 0.1) is 6.92 Å². The number of ether oxygens (including phenoxy) is 1. The third-order valence-corrected chi connectivity index (χ3v) is 4.56. The van der Waals surface area contributed by atoms with Crippen molar-refractivity contribution in [3.8, 4) is 0 Å². The van der Waals surface area contributed by atoms with Gasteiger partial charge in [-0.25, -0.2) is 4.98 Å². The molecular formula is C14H18N4O2S. The van der Waals surface area contributed by atoms with Crippen molar-refractivity contribution < 1.29 is 9.53 Å².